The molecule has 0 aliphatic heterocycles. The fourth-order valence-corrected chi connectivity index (χ4v) is 2.55. The van der Waals surface area contributed by atoms with Crippen LogP contribution < -0.4 is 5.69 Å². The van der Waals surface area contributed by atoms with Gasteiger partial charge in [0.1, 0.15) is 5.82 Å². The maximum absolute atomic E-state index is 14.0. The van der Waals surface area contributed by atoms with Crippen molar-refractivity contribution in [3.8, 4) is 5.69 Å². The zero-order valence-electron chi connectivity index (χ0n) is 10.4. The molecule has 0 atom stereocenters. The molecule has 0 aliphatic carbocycles. The second kappa shape index (κ2) is 4.85. The van der Waals surface area contributed by atoms with E-state index in [4.69, 9.17) is 5.11 Å². The molecule has 1 heterocycles. The Balaban J connectivity index is 2.42. The van der Waals surface area contributed by atoms with Crippen molar-refractivity contribution in [2.24, 2.45) is 0 Å². The van der Waals surface area contributed by atoms with E-state index in [0.29, 0.717) is 9.99 Å². The summed E-state index contributed by atoms with van der Waals surface area (Å²) in [6.45, 7) is 0. The molecule has 5 nitrogen and oxygen atoms in total. The van der Waals surface area contributed by atoms with Crippen LogP contribution in [-0.2, 0) is 0 Å². The zero-order valence-corrected chi connectivity index (χ0v) is 12.0. The van der Waals surface area contributed by atoms with E-state index in [9.17, 15) is 14.0 Å². The van der Waals surface area contributed by atoms with Gasteiger partial charge in [0, 0.05) is 4.47 Å². The summed E-state index contributed by atoms with van der Waals surface area (Å²) < 4.78 is 15.7. The largest absolute Gasteiger partial charge is 0.478 e. The van der Waals surface area contributed by atoms with Gasteiger partial charge in [-0.25, -0.2) is 14.0 Å². The predicted molar refractivity (Wildman–Crippen MR) is 78.5 cm³/mol. The van der Waals surface area contributed by atoms with E-state index in [1.165, 1.54) is 30.3 Å². The van der Waals surface area contributed by atoms with Crippen molar-refractivity contribution < 1.29 is 14.3 Å². The van der Waals surface area contributed by atoms with Gasteiger partial charge < -0.3 is 10.1 Å². The molecule has 0 spiro atoms. The Labute approximate surface area is 125 Å². The molecular formula is C14H8BrFN2O3. The third-order valence-electron chi connectivity index (χ3n) is 3.10. The summed E-state index contributed by atoms with van der Waals surface area (Å²) in [6, 6.07) is 8.64. The van der Waals surface area contributed by atoms with E-state index in [0.717, 1.165) is 4.57 Å². The van der Waals surface area contributed by atoms with Crippen molar-refractivity contribution in [3.05, 3.63) is 62.7 Å². The van der Waals surface area contributed by atoms with Crippen molar-refractivity contribution in [2.75, 3.05) is 0 Å². The maximum atomic E-state index is 14.0. The number of nitrogens with one attached hydrogen (secondary N) is 1. The average molecular weight is 351 g/mol. The lowest BCUT2D eigenvalue weighted by molar-refractivity contribution is 0.0699. The van der Waals surface area contributed by atoms with Gasteiger partial charge in [0.05, 0.1) is 22.3 Å². The number of halogens is 2. The molecule has 21 heavy (non-hydrogen) atoms. The Morgan fingerprint density at radius 3 is 2.76 bits per heavy atom. The van der Waals surface area contributed by atoms with Crippen molar-refractivity contribution in [3.63, 3.8) is 0 Å². The number of hydrogen-bond donors (Lipinski definition) is 2. The minimum absolute atomic E-state index is 0.0428. The van der Waals surface area contributed by atoms with Crippen molar-refractivity contribution in [1.29, 1.82) is 0 Å². The number of benzene rings is 2. The molecule has 0 saturated heterocycles. The highest BCUT2D eigenvalue weighted by molar-refractivity contribution is 9.10. The summed E-state index contributed by atoms with van der Waals surface area (Å²) in [7, 11) is 0. The summed E-state index contributed by atoms with van der Waals surface area (Å²) in [4.78, 5) is 25.8. The topological polar surface area (TPSA) is 75.1 Å². The maximum Gasteiger partial charge on any atom is 0.337 e. The third kappa shape index (κ3) is 2.15. The van der Waals surface area contributed by atoms with E-state index in [1.54, 1.807) is 6.07 Å². The number of rotatable bonds is 2. The Kier molecular flexibility index (Phi) is 3.13. The Morgan fingerprint density at radius 1 is 1.29 bits per heavy atom. The molecule has 3 aromatic rings. The zero-order chi connectivity index (χ0) is 15.1. The number of aromatic carboxylic acids is 1. The second-order valence-corrected chi connectivity index (χ2v) is 5.28. The molecule has 7 heteroatoms. The minimum Gasteiger partial charge on any atom is -0.478 e. The number of H-pyrrole nitrogens is 1. The Hall–Kier alpha value is -2.41. The van der Waals surface area contributed by atoms with Crippen molar-refractivity contribution in [2.45, 2.75) is 0 Å². The number of para-hydroxylation sites is 1. The van der Waals surface area contributed by atoms with E-state index in [2.05, 4.69) is 20.9 Å². The average Bonchev–Trinajstić information content (AvgIpc) is 2.77. The first-order chi connectivity index (χ1) is 9.99. The van der Waals surface area contributed by atoms with Gasteiger partial charge in [0.2, 0.25) is 0 Å². The van der Waals surface area contributed by atoms with Gasteiger partial charge in [-0.05, 0) is 30.3 Å². The number of aromatic amines is 1. The van der Waals surface area contributed by atoms with Crippen LogP contribution in [-0.4, -0.2) is 20.6 Å². The van der Waals surface area contributed by atoms with Crippen molar-refractivity contribution in [1.82, 2.24) is 9.55 Å². The number of carboxylic acids is 1. The standard InChI is InChI=1S/C14H8BrFN2O3/c15-7-4-5-9(16)11(6-7)18-10-3-1-2-8(13(19)20)12(10)17-14(18)21/h1-6H,(H,17,21)(H,19,20). The molecule has 3 rings (SSSR count). The van der Waals surface area contributed by atoms with Crippen LogP contribution in [0.2, 0.25) is 0 Å². The lowest BCUT2D eigenvalue weighted by Gasteiger charge is -2.06. The van der Waals surface area contributed by atoms with E-state index in [1.807, 2.05) is 0 Å². The summed E-state index contributed by atoms with van der Waals surface area (Å²) in [5.74, 6) is -1.74. The number of imidazole rings is 1. The number of aromatic nitrogens is 2. The first-order valence-electron chi connectivity index (χ1n) is 5.91. The molecule has 0 fully saturated rings. The van der Waals surface area contributed by atoms with Crippen LogP contribution in [0.5, 0.6) is 0 Å². The van der Waals surface area contributed by atoms with E-state index >= 15 is 0 Å². The third-order valence-corrected chi connectivity index (χ3v) is 3.59. The highest BCUT2D eigenvalue weighted by atomic mass is 79.9. The predicted octanol–water partition coefficient (Wildman–Crippen LogP) is 2.92. The number of fused-ring (bicyclic) bond motifs is 1. The highest BCUT2D eigenvalue weighted by Crippen LogP contribution is 2.23. The molecule has 0 aliphatic rings. The minimum atomic E-state index is -1.16. The molecule has 0 radical (unpaired) electrons. The molecular weight excluding hydrogens is 343 g/mol. The summed E-state index contributed by atoms with van der Waals surface area (Å²) >= 11 is 3.22. The van der Waals surface area contributed by atoms with Crippen molar-refractivity contribution >= 4 is 32.9 Å². The fraction of sp³-hybridized carbons (Fsp3) is 0. The second-order valence-electron chi connectivity index (χ2n) is 4.37. The van der Waals surface area contributed by atoms with Gasteiger partial charge in [0.25, 0.3) is 0 Å². The summed E-state index contributed by atoms with van der Waals surface area (Å²) in [5, 5.41) is 9.14. The lowest BCUT2D eigenvalue weighted by Crippen LogP contribution is -2.15. The molecule has 2 N–H and O–H groups in total. The van der Waals surface area contributed by atoms with Crippen LogP contribution in [0.15, 0.2) is 45.7 Å². The first kappa shape index (κ1) is 13.6. The number of carbonyl (C=O) groups is 1. The summed E-state index contributed by atoms with van der Waals surface area (Å²) in [6.07, 6.45) is 0. The molecule has 0 unspecified atom stereocenters. The Bertz CT molecular complexity index is 930. The van der Waals surface area contributed by atoms with E-state index < -0.39 is 17.5 Å². The first-order valence-corrected chi connectivity index (χ1v) is 6.71. The highest BCUT2D eigenvalue weighted by Gasteiger charge is 2.17. The van der Waals surface area contributed by atoms with Crippen LogP contribution >= 0.6 is 15.9 Å². The van der Waals surface area contributed by atoms with Crippen LogP contribution in [0.1, 0.15) is 10.4 Å². The number of nitrogens with zero attached hydrogens (tertiary/aromatic N) is 1. The normalized spacial score (nSPS) is 11.0. The molecule has 106 valence electrons. The van der Waals surface area contributed by atoms with Gasteiger partial charge in [-0.1, -0.05) is 22.0 Å². The van der Waals surface area contributed by atoms with Crippen LogP contribution in [0.25, 0.3) is 16.7 Å². The van der Waals surface area contributed by atoms with Gasteiger partial charge in [-0.3, -0.25) is 4.57 Å². The Morgan fingerprint density at radius 2 is 2.05 bits per heavy atom. The monoisotopic (exact) mass is 350 g/mol. The quantitative estimate of drug-likeness (QED) is 0.746. The smallest absolute Gasteiger partial charge is 0.337 e. The number of carboxylic acid groups (broad SMARTS) is 1. The molecule has 0 bridgehead atoms. The molecule has 2 aromatic carbocycles. The molecule has 1 aromatic heterocycles. The van der Waals surface area contributed by atoms with Gasteiger partial charge in [-0.15, -0.1) is 0 Å². The van der Waals surface area contributed by atoms with Gasteiger partial charge in [0.15, 0.2) is 0 Å². The molecule has 0 saturated carbocycles. The SMILES string of the molecule is O=C(O)c1cccc2c1[nH]c(=O)n2-c1cc(Br)ccc1F. The van der Waals surface area contributed by atoms with Crippen LogP contribution in [0, 0.1) is 5.82 Å². The summed E-state index contributed by atoms with van der Waals surface area (Å²) in [5.41, 5.74) is -0.135. The van der Waals surface area contributed by atoms with E-state index in [-0.39, 0.29) is 16.8 Å². The van der Waals surface area contributed by atoms with Crippen LogP contribution in [0.3, 0.4) is 0 Å². The lowest BCUT2D eigenvalue weighted by atomic mass is 10.2. The fourth-order valence-electron chi connectivity index (χ4n) is 2.20. The molecule has 0 amide bonds. The van der Waals surface area contributed by atoms with Crippen LogP contribution in [0.4, 0.5) is 4.39 Å². The number of hydrogen-bond acceptors (Lipinski definition) is 2. The van der Waals surface area contributed by atoms with Gasteiger partial charge in [-0.2, -0.15) is 0 Å². The van der Waals surface area contributed by atoms with Gasteiger partial charge >= 0.3 is 11.7 Å².